The second-order valence-corrected chi connectivity index (χ2v) is 35.2. The molecule has 0 spiro atoms. The number of nitrogens with one attached hydrogen (secondary N) is 1. The fraction of sp³-hybridized carbons (Fsp3) is 0.643. The first-order valence-electron chi connectivity index (χ1n) is 26.3. The summed E-state index contributed by atoms with van der Waals surface area (Å²) in [6, 6.07) is 12.1. The molecule has 16 nitrogen and oxygen atoms in total. The molecule has 2 fully saturated rings. The van der Waals surface area contributed by atoms with Crippen LogP contribution in [-0.4, -0.2) is 148 Å². The third-order valence-corrected chi connectivity index (χ3v) is 24.0. The molecule has 2 saturated heterocycles. The number of piperazine rings is 2. The van der Waals surface area contributed by atoms with Crippen LogP contribution in [0.5, 0.6) is 11.5 Å². The Labute approximate surface area is 460 Å². The first-order chi connectivity index (χ1) is 34.5. The number of pyridine rings is 2. The summed E-state index contributed by atoms with van der Waals surface area (Å²) in [5.74, 6) is 3.25. The molecule has 2 aliphatic heterocycles. The van der Waals surface area contributed by atoms with Crippen molar-refractivity contribution in [2.75, 3.05) is 71.6 Å². The van der Waals surface area contributed by atoms with Crippen molar-refractivity contribution in [3.63, 3.8) is 0 Å². The van der Waals surface area contributed by atoms with Gasteiger partial charge in [0.15, 0.2) is 16.6 Å². The SMILES string of the molecule is CC(C)(C)OC(=O)N1CCNC[C@H]1CO[Si](C)(C)C(C)(C)C.COc1cc(-n2c(C)ccc2C)ncc1Br.COc1cc(-n2c(C)ccc2C)ncc1N1CCN(C(=O)OC(C)(C)C)[C@H](CO[Si](C)(C)C(C)(C)C)C1. The molecule has 0 radical (unpaired) electrons. The van der Waals surface area contributed by atoms with E-state index in [9.17, 15) is 9.59 Å². The molecule has 0 saturated carbocycles. The highest BCUT2D eigenvalue weighted by atomic mass is 79.9. The van der Waals surface area contributed by atoms with E-state index in [0.29, 0.717) is 39.4 Å². The molecule has 4 aromatic rings. The number of aryl methyl sites for hydroxylation is 4. The molecule has 75 heavy (non-hydrogen) atoms. The van der Waals surface area contributed by atoms with E-state index in [1.165, 1.54) is 0 Å². The van der Waals surface area contributed by atoms with Gasteiger partial charge in [0, 0.05) is 80.4 Å². The van der Waals surface area contributed by atoms with E-state index in [4.69, 9.17) is 32.8 Å². The van der Waals surface area contributed by atoms with Gasteiger partial charge in [-0.15, -0.1) is 0 Å². The fourth-order valence-electron chi connectivity index (χ4n) is 7.98. The molecule has 0 bridgehead atoms. The van der Waals surface area contributed by atoms with Gasteiger partial charge in [-0.2, -0.15) is 0 Å². The number of amides is 2. The number of carbonyl (C=O) groups excluding carboxylic acids is 2. The highest BCUT2D eigenvalue weighted by molar-refractivity contribution is 9.10. The van der Waals surface area contributed by atoms with Crippen LogP contribution in [0.4, 0.5) is 15.3 Å². The van der Waals surface area contributed by atoms with Gasteiger partial charge in [0.05, 0.1) is 55.9 Å². The number of hydrogen-bond acceptors (Lipinski definition) is 12. The zero-order valence-corrected chi connectivity index (χ0v) is 53.3. The normalized spacial score (nSPS) is 16.9. The Morgan fingerprint density at radius 3 is 1.47 bits per heavy atom. The number of hydrogen-bond donors (Lipinski definition) is 1. The van der Waals surface area contributed by atoms with Gasteiger partial charge in [0.1, 0.15) is 34.3 Å². The van der Waals surface area contributed by atoms with Crippen LogP contribution in [0.3, 0.4) is 0 Å². The van der Waals surface area contributed by atoms with Crippen LogP contribution in [0.15, 0.2) is 53.3 Å². The summed E-state index contributed by atoms with van der Waals surface area (Å²) < 4.78 is 40.3. The molecule has 0 aliphatic carbocycles. The smallest absolute Gasteiger partial charge is 0.410 e. The minimum Gasteiger partial charge on any atom is -0.495 e. The van der Waals surface area contributed by atoms with Gasteiger partial charge in [0.25, 0.3) is 0 Å². The Balaban J connectivity index is 0.000000270. The lowest BCUT2D eigenvalue weighted by molar-refractivity contribution is 0.00522. The van der Waals surface area contributed by atoms with E-state index in [0.717, 1.165) is 69.2 Å². The van der Waals surface area contributed by atoms with Gasteiger partial charge >= 0.3 is 12.2 Å². The van der Waals surface area contributed by atoms with Gasteiger partial charge in [-0.1, -0.05) is 41.5 Å². The number of anilines is 1. The maximum Gasteiger partial charge on any atom is 0.410 e. The number of ether oxygens (including phenoxy) is 4. The third-order valence-electron chi connectivity index (χ3n) is 14.4. The summed E-state index contributed by atoms with van der Waals surface area (Å²) >= 11 is 3.39. The monoisotopic (exact) mass is 1140 g/mol. The number of halogens is 1. The molecule has 4 aromatic heterocycles. The third kappa shape index (κ3) is 17.3. The largest absolute Gasteiger partial charge is 0.495 e. The summed E-state index contributed by atoms with van der Waals surface area (Å²) in [5, 5.41) is 3.60. The van der Waals surface area contributed by atoms with Crippen molar-refractivity contribution in [1.82, 2.24) is 34.2 Å². The number of nitrogens with zero attached hydrogens (tertiary/aromatic N) is 7. The quantitative estimate of drug-likeness (QED) is 0.143. The zero-order valence-electron chi connectivity index (χ0n) is 49.7. The second kappa shape index (κ2) is 25.4. The lowest BCUT2D eigenvalue weighted by Crippen LogP contribution is -2.59. The maximum absolute atomic E-state index is 13.2. The van der Waals surface area contributed by atoms with Crippen molar-refractivity contribution < 1.29 is 37.4 Å². The van der Waals surface area contributed by atoms with Crippen molar-refractivity contribution in [1.29, 1.82) is 0 Å². The minimum atomic E-state index is -2.01. The van der Waals surface area contributed by atoms with E-state index in [1.807, 2.05) is 69.7 Å². The molecule has 1 N–H and O–H groups in total. The van der Waals surface area contributed by atoms with Gasteiger partial charge in [0.2, 0.25) is 0 Å². The topological polar surface area (TPSA) is 147 Å². The molecule has 2 aliphatic rings. The Morgan fingerprint density at radius 2 is 1.04 bits per heavy atom. The van der Waals surface area contributed by atoms with Crippen molar-refractivity contribution in [3.8, 4) is 23.1 Å². The van der Waals surface area contributed by atoms with Crippen LogP contribution < -0.4 is 19.7 Å². The summed E-state index contributed by atoms with van der Waals surface area (Å²) in [7, 11) is -0.472. The van der Waals surface area contributed by atoms with Crippen molar-refractivity contribution in [2.45, 2.75) is 170 Å². The van der Waals surface area contributed by atoms with Crippen LogP contribution in [0, 0.1) is 27.7 Å². The van der Waals surface area contributed by atoms with Crippen molar-refractivity contribution in [2.24, 2.45) is 0 Å². The molecular formula is C56H93BrN8O8Si2. The first kappa shape index (κ1) is 63.1. The average Bonchev–Trinajstić information content (AvgIpc) is 3.83. The van der Waals surface area contributed by atoms with Gasteiger partial charge in [-0.3, -0.25) is 4.90 Å². The van der Waals surface area contributed by atoms with Crippen molar-refractivity contribution >= 4 is 50.4 Å². The van der Waals surface area contributed by atoms with Crippen LogP contribution >= 0.6 is 15.9 Å². The summed E-state index contributed by atoms with van der Waals surface area (Å²) in [5.41, 5.74) is 4.45. The molecule has 0 aromatic carbocycles. The summed E-state index contributed by atoms with van der Waals surface area (Å²) in [6.07, 6.45) is 3.10. The van der Waals surface area contributed by atoms with Crippen molar-refractivity contribution in [3.05, 3.63) is 76.0 Å². The molecule has 2 atom stereocenters. The minimum absolute atomic E-state index is 0.0396. The number of carbonyl (C=O) groups is 2. The fourth-order valence-corrected chi connectivity index (χ4v) is 10.4. The number of rotatable bonds is 11. The molecule has 6 heterocycles. The Morgan fingerprint density at radius 1 is 0.627 bits per heavy atom. The Bertz CT molecular complexity index is 2480. The van der Waals surface area contributed by atoms with Crippen LogP contribution in [-0.2, 0) is 18.3 Å². The van der Waals surface area contributed by atoms with Gasteiger partial charge in [-0.05, 0) is 146 Å². The number of methoxy groups -OCH3 is 2. The zero-order chi connectivity index (χ0) is 56.6. The molecule has 19 heteroatoms. The highest BCUT2D eigenvalue weighted by Gasteiger charge is 2.42. The predicted molar refractivity (Wildman–Crippen MR) is 312 cm³/mol. The van der Waals surface area contributed by atoms with Gasteiger partial charge < -0.3 is 52.1 Å². The molecule has 0 unspecified atom stereocenters. The van der Waals surface area contributed by atoms with E-state index in [-0.39, 0.29) is 34.3 Å². The number of aromatic nitrogens is 4. The summed E-state index contributed by atoms with van der Waals surface area (Å²) in [6.45, 7) is 47.0. The molecule has 420 valence electrons. The first-order valence-corrected chi connectivity index (χ1v) is 32.9. The van der Waals surface area contributed by atoms with Crippen LogP contribution in [0.25, 0.3) is 11.6 Å². The van der Waals surface area contributed by atoms with E-state index in [1.54, 1.807) is 20.4 Å². The second-order valence-electron chi connectivity index (χ2n) is 24.7. The molecule has 6 rings (SSSR count). The van der Waals surface area contributed by atoms with Gasteiger partial charge in [-0.25, -0.2) is 19.6 Å². The molecule has 2 amide bonds. The highest BCUT2D eigenvalue weighted by Crippen LogP contribution is 2.39. The molecular weight excluding hydrogens is 1050 g/mol. The van der Waals surface area contributed by atoms with E-state index >= 15 is 0 Å². The van der Waals surface area contributed by atoms with Crippen LogP contribution in [0.2, 0.25) is 36.3 Å². The lowest BCUT2D eigenvalue weighted by Gasteiger charge is -2.44. The summed E-state index contributed by atoms with van der Waals surface area (Å²) in [4.78, 5) is 40.6. The Kier molecular flexibility index (Phi) is 21.4. The Hall–Kier alpha value is -4.41. The van der Waals surface area contributed by atoms with E-state index < -0.39 is 27.8 Å². The maximum atomic E-state index is 13.2. The lowest BCUT2D eigenvalue weighted by atomic mass is 10.1. The predicted octanol–water partition coefficient (Wildman–Crippen LogP) is 12.4. The average molecular weight is 1140 g/mol. The van der Waals surface area contributed by atoms with E-state index in [2.05, 4.69) is 160 Å². The standard InChI is InChI=1S/C28H46N4O4Si.C16H34N2O3Si.C12H13BrN2O/c1-20-12-13-21(2)32(20)25-16-24(34-9)23(17-29-25)30-14-15-31(26(33)36-27(3,4)5)22(18-30)19-35-37(10,11)28(6,7)8;1-15(2,3)21-14(19)18-10-9-17-11-13(18)12-20-22(7,8)16(4,5)6;1-8-4-5-9(2)15(8)12-6-11(16-3)10(13)7-14-12/h12-13,16-17,22H,14-15,18-19H2,1-11H3;13,17H,9-12H2,1-8H3;4-7H,1-3H3/t22-;13-;/m00./s1. The van der Waals surface area contributed by atoms with Crippen LogP contribution in [0.1, 0.15) is 106 Å².